The van der Waals surface area contributed by atoms with E-state index in [4.69, 9.17) is 0 Å². The highest BCUT2D eigenvalue weighted by molar-refractivity contribution is 7.89. The van der Waals surface area contributed by atoms with Crippen molar-refractivity contribution < 1.29 is 17.2 Å². The maximum Gasteiger partial charge on any atom is 0.243 e. The van der Waals surface area contributed by atoms with Crippen LogP contribution in [0.5, 0.6) is 0 Å². The Labute approximate surface area is 134 Å². The van der Waals surface area contributed by atoms with Crippen LogP contribution in [0.3, 0.4) is 0 Å². The van der Waals surface area contributed by atoms with Gasteiger partial charge in [0.05, 0.1) is 0 Å². The minimum absolute atomic E-state index is 0.176. The molecule has 0 aromatic heterocycles. The topological polar surface area (TPSA) is 46.2 Å². The minimum atomic E-state index is -4.10. The Bertz CT molecular complexity index is 803. The molecule has 0 aliphatic heterocycles. The minimum Gasteiger partial charge on any atom is -0.210 e. The van der Waals surface area contributed by atoms with Crippen LogP contribution in [0.15, 0.2) is 53.4 Å². The third-order valence-electron chi connectivity index (χ3n) is 4.48. The summed E-state index contributed by atoms with van der Waals surface area (Å²) in [5, 5.41) is 0. The Hall–Kier alpha value is -1.79. The summed E-state index contributed by atoms with van der Waals surface area (Å²) in [5.74, 6) is -1.74. The molecule has 2 aromatic rings. The molecule has 0 spiro atoms. The normalized spacial score (nSPS) is 16.8. The lowest BCUT2D eigenvalue weighted by Crippen LogP contribution is -2.45. The van der Waals surface area contributed by atoms with E-state index in [1.165, 1.54) is 0 Å². The number of rotatable bonds is 5. The standard InChI is InChI=1S/C17H17F2NO2S/c18-14-7-8-15(19)16(11-14)23(21,22)20-12-17(9-4-10-17)13-5-2-1-3-6-13/h1-3,5-8,11,20H,4,9-10,12H2. The second kappa shape index (κ2) is 6.02. The van der Waals surface area contributed by atoms with Crippen LogP contribution in [0.1, 0.15) is 24.8 Å². The molecule has 6 heteroatoms. The zero-order valence-electron chi connectivity index (χ0n) is 12.4. The summed E-state index contributed by atoms with van der Waals surface area (Å²) in [5.41, 5.74) is 0.798. The summed E-state index contributed by atoms with van der Waals surface area (Å²) >= 11 is 0. The van der Waals surface area contributed by atoms with Crippen LogP contribution in [0.4, 0.5) is 8.78 Å². The van der Waals surface area contributed by atoms with Crippen molar-refractivity contribution in [3.63, 3.8) is 0 Å². The molecule has 0 unspecified atom stereocenters. The van der Waals surface area contributed by atoms with Crippen LogP contribution in [-0.4, -0.2) is 15.0 Å². The van der Waals surface area contributed by atoms with Crippen molar-refractivity contribution in [2.24, 2.45) is 0 Å². The molecule has 0 radical (unpaired) electrons. The van der Waals surface area contributed by atoms with Gasteiger partial charge in [0.15, 0.2) is 0 Å². The molecule has 0 amide bonds. The summed E-state index contributed by atoms with van der Waals surface area (Å²) < 4.78 is 54.0. The van der Waals surface area contributed by atoms with E-state index in [1.807, 2.05) is 30.3 Å². The summed E-state index contributed by atoms with van der Waals surface area (Å²) in [6, 6.07) is 12.1. The van der Waals surface area contributed by atoms with Crippen molar-refractivity contribution in [3.8, 4) is 0 Å². The van der Waals surface area contributed by atoms with Gasteiger partial charge in [-0.3, -0.25) is 0 Å². The first-order valence-electron chi connectivity index (χ1n) is 7.43. The van der Waals surface area contributed by atoms with Gasteiger partial charge in [-0.15, -0.1) is 0 Å². The molecule has 1 aliphatic carbocycles. The molecule has 122 valence electrons. The van der Waals surface area contributed by atoms with Gasteiger partial charge in [0, 0.05) is 12.0 Å². The highest BCUT2D eigenvalue weighted by atomic mass is 32.2. The number of hydrogen-bond donors (Lipinski definition) is 1. The Balaban J connectivity index is 1.83. The van der Waals surface area contributed by atoms with Gasteiger partial charge in [-0.1, -0.05) is 36.8 Å². The Kier molecular flexibility index (Phi) is 4.21. The van der Waals surface area contributed by atoms with Gasteiger partial charge >= 0.3 is 0 Å². The number of nitrogens with one attached hydrogen (secondary N) is 1. The highest BCUT2D eigenvalue weighted by Crippen LogP contribution is 2.43. The van der Waals surface area contributed by atoms with Gasteiger partial charge in [0.25, 0.3) is 0 Å². The van der Waals surface area contributed by atoms with E-state index >= 15 is 0 Å². The van der Waals surface area contributed by atoms with Crippen LogP contribution in [0.25, 0.3) is 0 Å². The van der Waals surface area contributed by atoms with Gasteiger partial charge < -0.3 is 0 Å². The second-order valence-corrected chi connectivity index (χ2v) is 7.63. The molecule has 1 aliphatic rings. The zero-order chi connectivity index (χ0) is 16.5. The van der Waals surface area contributed by atoms with Crippen molar-refractivity contribution in [3.05, 3.63) is 65.7 Å². The van der Waals surface area contributed by atoms with Crippen LogP contribution in [-0.2, 0) is 15.4 Å². The molecule has 1 N–H and O–H groups in total. The first-order valence-corrected chi connectivity index (χ1v) is 8.92. The summed E-state index contributed by atoms with van der Waals surface area (Å²) in [4.78, 5) is -0.653. The van der Waals surface area contributed by atoms with Gasteiger partial charge in [-0.25, -0.2) is 21.9 Å². The average molecular weight is 337 g/mol. The molecule has 0 atom stereocenters. The highest BCUT2D eigenvalue weighted by Gasteiger charge is 2.39. The van der Waals surface area contributed by atoms with Gasteiger partial charge in [-0.05, 0) is 36.6 Å². The van der Waals surface area contributed by atoms with Crippen LogP contribution < -0.4 is 4.72 Å². The molecule has 1 saturated carbocycles. The molecule has 0 heterocycles. The van der Waals surface area contributed by atoms with Crippen molar-refractivity contribution in [2.75, 3.05) is 6.54 Å². The van der Waals surface area contributed by atoms with E-state index in [-0.39, 0.29) is 12.0 Å². The average Bonchev–Trinajstić information content (AvgIpc) is 2.49. The van der Waals surface area contributed by atoms with Gasteiger partial charge in [0.2, 0.25) is 10.0 Å². The van der Waals surface area contributed by atoms with E-state index in [2.05, 4.69) is 4.72 Å². The van der Waals surface area contributed by atoms with Crippen molar-refractivity contribution in [1.82, 2.24) is 4.72 Å². The maximum atomic E-state index is 13.7. The molecule has 2 aromatic carbocycles. The van der Waals surface area contributed by atoms with Gasteiger partial charge in [0.1, 0.15) is 16.5 Å². The Morgan fingerprint density at radius 3 is 2.35 bits per heavy atom. The lowest BCUT2D eigenvalue weighted by Gasteiger charge is -2.42. The van der Waals surface area contributed by atoms with E-state index < -0.39 is 26.6 Å². The van der Waals surface area contributed by atoms with Crippen LogP contribution >= 0.6 is 0 Å². The Morgan fingerprint density at radius 2 is 1.74 bits per heavy atom. The van der Waals surface area contributed by atoms with Gasteiger partial charge in [-0.2, -0.15) is 0 Å². The van der Waals surface area contributed by atoms with Crippen molar-refractivity contribution in [2.45, 2.75) is 29.6 Å². The predicted molar refractivity (Wildman–Crippen MR) is 83.5 cm³/mol. The first-order chi connectivity index (χ1) is 10.9. The lowest BCUT2D eigenvalue weighted by atomic mass is 9.64. The molecule has 0 bridgehead atoms. The molecule has 0 saturated heterocycles. The largest absolute Gasteiger partial charge is 0.243 e. The summed E-state index contributed by atoms with van der Waals surface area (Å²) in [6.45, 7) is 0.176. The van der Waals surface area contributed by atoms with Crippen LogP contribution in [0.2, 0.25) is 0 Å². The molecule has 1 fully saturated rings. The molecule has 23 heavy (non-hydrogen) atoms. The number of benzene rings is 2. The maximum absolute atomic E-state index is 13.7. The predicted octanol–water partition coefficient (Wildman–Crippen LogP) is 3.37. The molecule has 3 nitrogen and oxygen atoms in total. The SMILES string of the molecule is O=S(=O)(NCC1(c2ccccc2)CCC1)c1cc(F)ccc1F. The zero-order valence-corrected chi connectivity index (χ0v) is 13.2. The smallest absolute Gasteiger partial charge is 0.210 e. The summed E-state index contributed by atoms with van der Waals surface area (Å²) in [6.07, 6.45) is 2.75. The third-order valence-corrected chi connectivity index (χ3v) is 5.90. The molecular formula is C17H17F2NO2S. The Morgan fingerprint density at radius 1 is 1.04 bits per heavy atom. The number of halogens is 2. The second-order valence-electron chi connectivity index (χ2n) is 5.90. The quantitative estimate of drug-likeness (QED) is 0.909. The lowest BCUT2D eigenvalue weighted by molar-refractivity contribution is 0.245. The number of hydrogen-bond acceptors (Lipinski definition) is 2. The van der Waals surface area contributed by atoms with E-state index in [9.17, 15) is 17.2 Å². The molecule has 3 rings (SSSR count). The monoisotopic (exact) mass is 337 g/mol. The van der Waals surface area contributed by atoms with Crippen molar-refractivity contribution >= 4 is 10.0 Å². The third kappa shape index (κ3) is 3.14. The van der Waals surface area contributed by atoms with E-state index in [1.54, 1.807) is 0 Å². The molecular weight excluding hydrogens is 320 g/mol. The van der Waals surface area contributed by atoms with E-state index in [0.29, 0.717) is 6.07 Å². The summed E-state index contributed by atoms with van der Waals surface area (Å²) in [7, 11) is -4.10. The van der Waals surface area contributed by atoms with Crippen LogP contribution in [0, 0.1) is 11.6 Å². The van der Waals surface area contributed by atoms with E-state index in [0.717, 1.165) is 37.0 Å². The fraction of sp³-hybridized carbons (Fsp3) is 0.294. The first kappa shape index (κ1) is 16.1. The fourth-order valence-electron chi connectivity index (χ4n) is 2.96. The fourth-order valence-corrected chi connectivity index (χ4v) is 4.17. The number of sulfonamides is 1. The van der Waals surface area contributed by atoms with Crippen molar-refractivity contribution in [1.29, 1.82) is 0 Å².